The minimum atomic E-state index is 0.144. The highest BCUT2D eigenvalue weighted by atomic mass is 15.2. The van der Waals surface area contributed by atoms with Gasteiger partial charge in [0, 0.05) is 41.9 Å². The number of H-pyrrole nitrogens is 1. The number of hydrogen-bond donors (Lipinski definition) is 2. The molecule has 0 saturated carbocycles. The summed E-state index contributed by atoms with van der Waals surface area (Å²) >= 11 is 0. The molecule has 0 unspecified atom stereocenters. The van der Waals surface area contributed by atoms with E-state index in [0.717, 1.165) is 25.9 Å². The third-order valence-corrected chi connectivity index (χ3v) is 4.60. The average Bonchev–Trinajstić information content (AvgIpc) is 3.13. The van der Waals surface area contributed by atoms with Crippen LogP contribution < -0.4 is 10.6 Å². The van der Waals surface area contributed by atoms with Crippen molar-refractivity contribution in [2.24, 2.45) is 5.73 Å². The number of aromatic nitrogens is 1. The van der Waals surface area contributed by atoms with Crippen LogP contribution in [0.1, 0.15) is 11.1 Å². The second-order valence-corrected chi connectivity index (χ2v) is 6.15. The lowest BCUT2D eigenvalue weighted by molar-refractivity contribution is 0.642. The van der Waals surface area contributed by atoms with E-state index < -0.39 is 0 Å². The zero-order chi connectivity index (χ0) is 14.9. The minimum Gasteiger partial charge on any atom is -0.369 e. The van der Waals surface area contributed by atoms with Gasteiger partial charge in [-0.2, -0.15) is 0 Å². The third kappa shape index (κ3) is 2.38. The number of nitrogens with one attached hydrogen (secondary N) is 1. The fourth-order valence-electron chi connectivity index (χ4n) is 3.53. The van der Waals surface area contributed by atoms with Gasteiger partial charge in [-0.05, 0) is 36.1 Å². The number of nitrogens with two attached hydrogens (primary N) is 1. The van der Waals surface area contributed by atoms with E-state index in [1.165, 1.54) is 27.7 Å². The topological polar surface area (TPSA) is 45.1 Å². The monoisotopic (exact) mass is 291 g/mol. The van der Waals surface area contributed by atoms with Crippen molar-refractivity contribution in [3.05, 3.63) is 65.9 Å². The maximum absolute atomic E-state index is 6.44. The van der Waals surface area contributed by atoms with Crippen LogP contribution in [-0.4, -0.2) is 24.1 Å². The van der Waals surface area contributed by atoms with Crippen LogP contribution in [0.3, 0.4) is 0 Å². The molecule has 22 heavy (non-hydrogen) atoms. The van der Waals surface area contributed by atoms with Crippen LogP contribution in [-0.2, 0) is 12.8 Å². The molecule has 112 valence electrons. The van der Waals surface area contributed by atoms with E-state index in [1.807, 2.05) is 0 Å². The maximum atomic E-state index is 6.44. The quantitative estimate of drug-likeness (QED) is 0.776. The van der Waals surface area contributed by atoms with Crippen molar-refractivity contribution in [2.45, 2.75) is 18.9 Å². The molecule has 0 fully saturated rings. The molecule has 4 rings (SSSR count). The molecule has 0 radical (unpaired) electrons. The molecule has 3 nitrogen and oxygen atoms in total. The zero-order valence-electron chi connectivity index (χ0n) is 12.6. The number of anilines is 1. The van der Waals surface area contributed by atoms with Gasteiger partial charge in [0.05, 0.1) is 0 Å². The van der Waals surface area contributed by atoms with Crippen LogP contribution in [0.15, 0.2) is 54.7 Å². The van der Waals surface area contributed by atoms with Crippen molar-refractivity contribution in [2.75, 3.05) is 18.0 Å². The molecule has 1 aliphatic heterocycles. The molecule has 3 heteroatoms. The standard InChI is InChI=1S/C19H21N3/c20-16(11-15-12-21-18-7-3-2-6-17(15)18)13-22-10-9-14-5-1-4-8-19(14)22/h1-8,12,16,21H,9-11,13,20H2/t16-/m0/s1. The molecule has 2 aromatic carbocycles. The summed E-state index contributed by atoms with van der Waals surface area (Å²) in [5.74, 6) is 0. The smallest absolute Gasteiger partial charge is 0.0456 e. The van der Waals surface area contributed by atoms with E-state index in [2.05, 4.69) is 64.6 Å². The van der Waals surface area contributed by atoms with Gasteiger partial charge < -0.3 is 15.6 Å². The third-order valence-electron chi connectivity index (χ3n) is 4.60. The second kappa shape index (κ2) is 5.50. The van der Waals surface area contributed by atoms with Crippen LogP contribution >= 0.6 is 0 Å². The maximum Gasteiger partial charge on any atom is 0.0456 e. The molecule has 1 aromatic heterocycles. The number of rotatable bonds is 4. The Morgan fingerprint density at radius 3 is 2.86 bits per heavy atom. The van der Waals surface area contributed by atoms with Crippen LogP contribution in [0.25, 0.3) is 10.9 Å². The summed E-state index contributed by atoms with van der Waals surface area (Å²) in [5, 5.41) is 1.29. The summed E-state index contributed by atoms with van der Waals surface area (Å²) in [4.78, 5) is 5.76. The van der Waals surface area contributed by atoms with Crippen LogP contribution in [0.4, 0.5) is 5.69 Å². The SMILES string of the molecule is N[C@@H](Cc1c[nH]c2ccccc12)CN1CCc2ccccc21. The zero-order valence-corrected chi connectivity index (χ0v) is 12.6. The molecular weight excluding hydrogens is 270 g/mol. The lowest BCUT2D eigenvalue weighted by Crippen LogP contribution is -2.38. The van der Waals surface area contributed by atoms with E-state index in [4.69, 9.17) is 5.73 Å². The Morgan fingerprint density at radius 1 is 1.09 bits per heavy atom. The first kappa shape index (κ1) is 13.4. The predicted molar refractivity (Wildman–Crippen MR) is 92.3 cm³/mol. The largest absolute Gasteiger partial charge is 0.369 e. The lowest BCUT2D eigenvalue weighted by atomic mass is 10.1. The summed E-state index contributed by atoms with van der Waals surface area (Å²) in [5.41, 5.74) is 11.7. The normalized spacial score (nSPS) is 15.2. The van der Waals surface area contributed by atoms with Crippen molar-refractivity contribution in [3.63, 3.8) is 0 Å². The van der Waals surface area contributed by atoms with Crippen molar-refractivity contribution in [1.29, 1.82) is 0 Å². The first-order valence-electron chi connectivity index (χ1n) is 7.95. The van der Waals surface area contributed by atoms with Gasteiger partial charge in [-0.3, -0.25) is 0 Å². The predicted octanol–water partition coefficient (Wildman–Crippen LogP) is 3.10. The molecule has 3 N–H and O–H groups in total. The summed E-state index contributed by atoms with van der Waals surface area (Å²) in [6, 6.07) is 17.2. The van der Waals surface area contributed by atoms with E-state index in [9.17, 15) is 0 Å². The fraction of sp³-hybridized carbons (Fsp3) is 0.263. The number of hydrogen-bond acceptors (Lipinski definition) is 2. The second-order valence-electron chi connectivity index (χ2n) is 6.15. The summed E-state index contributed by atoms with van der Waals surface area (Å²) in [6.45, 7) is 2.00. The Balaban J connectivity index is 1.48. The van der Waals surface area contributed by atoms with Gasteiger partial charge in [0.2, 0.25) is 0 Å². The Hall–Kier alpha value is -2.26. The minimum absolute atomic E-state index is 0.144. The Morgan fingerprint density at radius 2 is 1.91 bits per heavy atom. The van der Waals surface area contributed by atoms with E-state index in [0.29, 0.717) is 0 Å². The Kier molecular flexibility index (Phi) is 3.35. The van der Waals surface area contributed by atoms with E-state index >= 15 is 0 Å². The molecule has 0 bridgehead atoms. The van der Waals surface area contributed by atoms with Crippen molar-refractivity contribution < 1.29 is 0 Å². The van der Waals surface area contributed by atoms with Crippen molar-refractivity contribution >= 4 is 16.6 Å². The number of benzene rings is 2. The Labute approximate surface area is 130 Å². The van der Waals surface area contributed by atoms with Crippen molar-refractivity contribution in [1.82, 2.24) is 4.98 Å². The Bertz CT molecular complexity index is 790. The molecule has 0 spiro atoms. The molecule has 0 saturated heterocycles. The number of fused-ring (bicyclic) bond motifs is 2. The van der Waals surface area contributed by atoms with Crippen molar-refractivity contribution in [3.8, 4) is 0 Å². The molecular formula is C19H21N3. The lowest BCUT2D eigenvalue weighted by Gasteiger charge is -2.23. The van der Waals surface area contributed by atoms with Gasteiger partial charge in [0.25, 0.3) is 0 Å². The highest BCUT2D eigenvalue weighted by molar-refractivity contribution is 5.83. The average molecular weight is 291 g/mol. The van der Waals surface area contributed by atoms with Crippen LogP contribution in [0, 0.1) is 0 Å². The highest BCUT2D eigenvalue weighted by Crippen LogP contribution is 2.27. The van der Waals surface area contributed by atoms with Gasteiger partial charge in [-0.15, -0.1) is 0 Å². The first-order valence-corrected chi connectivity index (χ1v) is 7.95. The highest BCUT2D eigenvalue weighted by Gasteiger charge is 2.20. The van der Waals surface area contributed by atoms with Gasteiger partial charge in [-0.25, -0.2) is 0 Å². The first-order chi connectivity index (χ1) is 10.8. The number of nitrogens with zero attached hydrogens (tertiary/aromatic N) is 1. The van der Waals surface area contributed by atoms with Gasteiger partial charge >= 0.3 is 0 Å². The van der Waals surface area contributed by atoms with Gasteiger partial charge in [-0.1, -0.05) is 36.4 Å². The van der Waals surface area contributed by atoms with E-state index in [1.54, 1.807) is 0 Å². The molecule has 0 aliphatic carbocycles. The van der Waals surface area contributed by atoms with Gasteiger partial charge in [0.15, 0.2) is 0 Å². The van der Waals surface area contributed by atoms with Gasteiger partial charge in [0.1, 0.15) is 0 Å². The number of aromatic amines is 1. The molecule has 1 atom stereocenters. The molecule has 2 heterocycles. The molecule has 1 aliphatic rings. The number of para-hydroxylation sites is 2. The summed E-state index contributed by atoms with van der Waals surface area (Å²) < 4.78 is 0. The fourth-order valence-corrected chi connectivity index (χ4v) is 3.53. The molecule has 0 amide bonds. The summed E-state index contributed by atoms with van der Waals surface area (Å²) in [7, 11) is 0. The molecule has 3 aromatic rings. The van der Waals surface area contributed by atoms with E-state index in [-0.39, 0.29) is 6.04 Å². The van der Waals surface area contributed by atoms with Crippen LogP contribution in [0.2, 0.25) is 0 Å². The van der Waals surface area contributed by atoms with Crippen LogP contribution in [0.5, 0.6) is 0 Å². The summed E-state index contributed by atoms with van der Waals surface area (Å²) in [6.07, 6.45) is 4.14.